The van der Waals surface area contributed by atoms with Crippen LogP contribution < -0.4 is 10.6 Å². The van der Waals surface area contributed by atoms with Crippen LogP contribution in [0.15, 0.2) is 24.3 Å². The Labute approximate surface area is 101 Å². The normalized spacial score (nSPS) is 10.1. The van der Waals surface area contributed by atoms with Crippen molar-refractivity contribution < 1.29 is 4.79 Å². The summed E-state index contributed by atoms with van der Waals surface area (Å²) in [6, 6.07) is 7.41. The van der Waals surface area contributed by atoms with Crippen molar-refractivity contribution in [2.75, 3.05) is 29.2 Å². The van der Waals surface area contributed by atoms with Crippen LogP contribution in [0.4, 0.5) is 11.4 Å². The number of hydrogen-bond donors (Lipinski definition) is 1. The highest BCUT2D eigenvalue weighted by Crippen LogP contribution is 2.17. The second-order valence-electron chi connectivity index (χ2n) is 3.47. The van der Waals surface area contributed by atoms with Gasteiger partial charge in [-0.15, -0.1) is 0 Å². The van der Waals surface area contributed by atoms with Crippen molar-refractivity contribution in [3.05, 3.63) is 24.3 Å². The third kappa shape index (κ3) is 3.45. The second-order valence-corrected chi connectivity index (χ2v) is 4.46. The van der Waals surface area contributed by atoms with E-state index in [1.807, 2.05) is 37.4 Å². The van der Waals surface area contributed by atoms with E-state index in [0.717, 1.165) is 17.1 Å². The number of amides is 1. The molecule has 0 radical (unpaired) electrons. The molecule has 0 aliphatic heterocycles. The van der Waals surface area contributed by atoms with Crippen LogP contribution in [0.2, 0.25) is 0 Å². The maximum atomic E-state index is 11.9. The number of hydrogen-bond acceptors (Lipinski definition) is 3. The van der Waals surface area contributed by atoms with Crippen LogP contribution >= 0.6 is 11.8 Å². The van der Waals surface area contributed by atoms with Gasteiger partial charge in [0.2, 0.25) is 5.91 Å². The van der Waals surface area contributed by atoms with Gasteiger partial charge in [0.1, 0.15) is 0 Å². The minimum atomic E-state index is 0.168. The fourth-order valence-electron chi connectivity index (χ4n) is 1.48. The summed E-state index contributed by atoms with van der Waals surface area (Å²) in [5, 5.41) is 0. The zero-order valence-corrected chi connectivity index (χ0v) is 10.6. The van der Waals surface area contributed by atoms with Crippen LogP contribution in [-0.4, -0.2) is 24.5 Å². The average Bonchev–Trinajstić information content (AvgIpc) is 2.30. The number of thioether (sulfide) groups is 1. The third-order valence-corrected chi connectivity index (χ3v) is 2.95. The number of carbonyl (C=O) groups excluding carboxylic acids is 1. The number of anilines is 2. The van der Waals surface area contributed by atoms with Gasteiger partial charge in [0, 0.05) is 30.1 Å². The molecule has 0 fully saturated rings. The van der Waals surface area contributed by atoms with Gasteiger partial charge in [0.05, 0.1) is 0 Å². The average molecular weight is 238 g/mol. The molecule has 0 unspecified atom stereocenters. The zero-order chi connectivity index (χ0) is 12.0. The number of nitrogen functional groups attached to an aromatic ring is 1. The number of nitrogens with zero attached hydrogens (tertiary/aromatic N) is 1. The Hall–Kier alpha value is -1.16. The third-order valence-electron chi connectivity index (χ3n) is 2.34. The van der Waals surface area contributed by atoms with Crippen molar-refractivity contribution >= 4 is 29.0 Å². The summed E-state index contributed by atoms with van der Waals surface area (Å²) in [4.78, 5) is 13.7. The lowest BCUT2D eigenvalue weighted by atomic mass is 10.2. The van der Waals surface area contributed by atoms with E-state index < -0.39 is 0 Å². The summed E-state index contributed by atoms with van der Waals surface area (Å²) < 4.78 is 0. The van der Waals surface area contributed by atoms with Crippen LogP contribution in [0.5, 0.6) is 0 Å². The first-order valence-electron chi connectivity index (χ1n) is 5.34. The van der Waals surface area contributed by atoms with Crippen molar-refractivity contribution in [3.8, 4) is 0 Å². The molecule has 1 amide bonds. The molecule has 0 heterocycles. The lowest BCUT2D eigenvalue weighted by molar-refractivity contribution is -0.118. The summed E-state index contributed by atoms with van der Waals surface area (Å²) >= 11 is 1.69. The molecule has 0 spiro atoms. The summed E-state index contributed by atoms with van der Waals surface area (Å²) in [6.07, 6.45) is 2.59. The van der Waals surface area contributed by atoms with Crippen LogP contribution in [-0.2, 0) is 4.79 Å². The largest absolute Gasteiger partial charge is 0.399 e. The standard InChI is InChI=1S/C12H18N2OS/c1-3-14(12(15)8-9-16-2)11-6-4-10(13)5-7-11/h4-7H,3,8-9,13H2,1-2H3. The zero-order valence-electron chi connectivity index (χ0n) is 9.77. The van der Waals surface area contributed by atoms with E-state index in [4.69, 9.17) is 5.73 Å². The highest BCUT2D eigenvalue weighted by Gasteiger charge is 2.12. The van der Waals surface area contributed by atoms with Gasteiger partial charge in [-0.2, -0.15) is 11.8 Å². The summed E-state index contributed by atoms with van der Waals surface area (Å²) in [5.74, 6) is 1.03. The first-order chi connectivity index (χ1) is 7.69. The molecule has 3 nitrogen and oxygen atoms in total. The lowest BCUT2D eigenvalue weighted by Crippen LogP contribution is -2.30. The SMILES string of the molecule is CCN(C(=O)CCSC)c1ccc(N)cc1. The molecule has 4 heteroatoms. The fraction of sp³-hybridized carbons (Fsp3) is 0.417. The first kappa shape index (κ1) is 12.9. The molecule has 0 aliphatic carbocycles. The minimum Gasteiger partial charge on any atom is -0.399 e. The van der Waals surface area contributed by atoms with Gasteiger partial charge in [-0.3, -0.25) is 4.79 Å². The van der Waals surface area contributed by atoms with E-state index in [-0.39, 0.29) is 5.91 Å². The number of benzene rings is 1. The molecule has 2 N–H and O–H groups in total. The van der Waals surface area contributed by atoms with Crippen molar-refractivity contribution in [2.45, 2.75) is 13.3 Å². The lowest BCUT2D eigenvalue weighted by Gasteiger charge is -2.21. The topological polar surface area (TPSA) is 46.3 Å². The summed E-state index contributed by atoms with van der Waals surface area (Å²) in [6.45, 7) is 2.67. The Morgan fingerprint density at radius 3 is 2.50 bits per heavy atom. The second kappa shape index (κ2) is 6.43. The van der Waals surface area contributed by atoms with E-state index in [9.17, 15) is 4.79 Å². The molecule has 16 heavy (non-hydrogen) atoms. The molecular formula is C12H18N2OS. The Balaban J connectivity index is 2.73. The van der Waals surface area contributed by atoms with E-state index >= 15 is 0 Å². The van der Waals surface area contributed by atoms with Crippen LogP contribution in [0, 0.1) is 0 Å². The number of rotatable bonds is 5. The summed E-state index contributed by atoms with van der Waals surface area (Å²) in [7, 11) is 0. The number of nitrogens with two attached hydrogens (primary N) is 1. The van der Waals surface area contributed by atoms with Crippen molar-refractivity contribution in [3.63, 3.8) is 0 Å². The molecular weight excluding hydrogens is 220 g/mol. The van der Waals surface area contributed by atoms with E-state index in [1.54, 1.807) is 16.7 Å². The predicted molar refractivity (Wildman–Crippen MR) is 71.9 cm³/mol. The maximum absolute atomic E-state index is 11.9. The first-order valence-corrected chi connectivity index (χ1v) is 6.73. The van der Waals surface area contributed by atoms with E-state index in [2.05, 4.69) is 0 Å². The van der Waals surface area contributed by atoms with Gasteiger partial charge in [-0.05, 0) is 37.4 Å². The highest BCUT2D eigenvalue weighted by atomic mass is 32.2. The van der Waals surface area contributed by atoms with Crippen molar-refractivity contribution in [1.82, 2.24) is 0 Å². The molecule has 0 atom stereocenters. The minimum absolute atomic E-state index is 0.168. The molecule has 1 aromatic rings. The van der Waals surface area contributed by atoms with Crippen molar-refractivity contribution in [1.29, 1.82) is 0 Å². The molecule has 88 valence electrons. The quantitative estimate of drug-likeness (QED) is 0.801. The Kier molecular flexibility index (Phi) is 5.19. The molecule has 1 rings (SSSR count). The van der Waals surface area contributed by atoms with Crippen molar-refractivity contribution in [2.24, 2.45) is 0 Å². The van der Waals surface area contributed by atoms with Crippen LogP contribution in [0.1, 0.15) is 13.3 Å². The van der Waals surface area contributed by atoms with Gasteiger partial charge < -0.3 is 10.6 Å². The smallest absolute Gasteiger partial charge is 0.227 e. The predicted octanol–water partition coefficient (Wildman–Crippen LogP) is 2.37. The number of carbonyl (C=O) groups is 1. The molecule has 0 aliphatic rings. The van der Waals surface area contributed by atoms with Gasteiger partial charge in [0.25, 0.3) is 0 Å². The van der Waals surface area contributed by atoms with Gasteiger partial charge >= 0.3 is 0 Å². The molecule has 0 saturated carbocycles. The molecule has 0 aromatic heterocycles. The highest BCUT2D eigenvalue weighted by molar-refractivity contribution is 7.98. The molecule has 0 bridgehead atoms. The van der Waals surface area contributed by atoms with Crippen LogP contribution in [0.25, 0.3) is 0 Å². The Morgan fingerprint density at radius 2 is 2.00 bits per heavy atom. The monoisotopic (exact) mass is 238 g/mol. The van der Waals surface area contributed by atoms with E-state index in [0.29, 0.717) is 13.0 Å². The Bertz CT molecular complexity index is 337. The van der Waals surface area contributed by atoms with Gasteiger partial charge in [-0.1, -0.05) is 0 Å². The van der Waals surface area contributed by atoms with Gasteiger partial charge in [0.15, 0.2) is 0 Å². The fourth-order valence-corrected chi connectivity index (χ4v) is 1.86. The Morgan fingerprint density at radius 1 is 1.38 bits per heavy atom. The van der Waals surface area contributed by atoms with Gasteiger partial charge in [-0.25, -0.2) is 0 Å². The molecule has 1 aromatic carbocycles. The maximum Gasteiger partial charge on any atom is 0.227 e. The summed E-state index contributed by atoms with van der Waals surface area (Å²) in [5.41, 5.74) is 7.26. The molecule has 0 saturated heterocycles. The van der Waals surface area contributed by atoms with Crippen LogP contribution in [0.3, 0.4) is 0 Å². The van der Waals surface area contributed by atoms with E-state index in [1.165, 1.54) is 0 Å².